The van der Waals surface area contributed by atoms with E-state index in [9.17, 15) is 27.2 Å². The molecule has 0 aliphatic rings. The van der Waals surface area contributed by atoms with Crippen LogP contribution in [-0.4, -0.2) is 42.8 Å². The van der Waals surface area contributed by atoms with Crippen LogP contribution in [0.15, 0.2) is 18.2 Å². The molecule has 1 aromatic rings. The number of hydrogen-bond acceptors (Lipinski definition) is 5. The number of benzene rings is 1. The largest absolute Gasteiger partial charge is 0.490 e. The maximum Gasteiger partial charge on any atom is 0.490 e. The lowest BCUT2D eigenvalue weighted by Gasteiger charge is -2.06. The summed E-state index contributed by atoms with van der Waals surface area (Å²) in [5, 5.41) is 9.38. The number of rotatable bonds is 3. The average molecular weight is 340 g/mol. The second-order valence-corrected chi connectivity index (χ2v) is 3.74. The Kier molecular flexibility index (Phi) is 7.66. The molecular formula is C12H12F4N2O5. The number of carboxylic acids is 1. The van der Waals surface area contributed by atoms with Crippen LogP contribution in [0.25, 0.3) is 0 Å². The first-order chi connectivity index (χ1) is 10.5. The third kappa shape index (κ3) is 7.22. The highest BCUT2D eigenvalue weighted by Gasteiger charge is 2.38. The van der Waals surface area contributed by atoms with Crippen LogP contribution in [0.2, 0.25) is 0 Å². The molecule has 0 unspecified atom stereocenters. The maximum absolute atomic E-state index is 13.4. The van der Waals surface area contributed by atoms with Crippen LogP contribution < -0.4 is 11.1 Å². The second-order valence-electron chi connectivity index (χ2n) is 3.74. The van der Waals surface area contributed by atoms with Crippen LogP contribution in [0.1, 0.15) is 10.4 Å². The number of nitrogens with one attached hydrogen (secondary N) is 1. The minimum atomic E-state index is -5.08. The van der Waals surface area contributed by atoms with Gasteiger partial charge in [0.05, 0.1) is 24.9 Å². The Morgan fingerprint density at radius 3 is 2.17 bits per heavy atom. The molecule has 0 radical (unpaired) electrons. The summed E-state index contributed by atoms with van der Waals surface area (Å²) in [5.41, 5.74) is 5.11. The lowest BCUT2D eigenvalue weighted by atomic mass is 10.2. The Labute approximate surface area is 127 Å². The number of ether oxygens (including phenoxy) is 1. The summed E-state index contributed by atoms with van der Waals surface area (Å²) in [6.07, 6.45) is -5.08. The third-order valence-corrected chi connectivity index (χ3v) is 2.09. The number of alkyl halides is 3. The summed E-state index contributed by atoms with van der Waals surface area (Å²) in [4.78, 5) is 30.9. The van der Waals surface area contributed by atoms with E-state index in [2.05, 4.69) is 10.1 Å². The fraction of sp³-hybridized carbons (Fsp3) is 0.250. The molecule has 11 heteroatoms. The number of nitrogens with two attached hydrogens (primary N) is 1. The molecule has 4 N–H and O–H groups in total. The highest BCUT2D eigenvalue weighted by atomic mass is 19.4. The summed E-state index contributed by atoms with van der Waals surface area (Å²) in [7, 11) is 1.20. The monoisotopic (exact) mass is 340 g/mol. The van der Waals surface area contributed by atoms with Crippen LogP contribution in [0.4, 0.5) is 23.2 Å². The minimum Gasteiger partial charge on any atom is -0.475 e. The molecule has 0 atom stereocenters. The van der Waals surface area contributed by atoms with E-state index in [1.807, 2.05) is 0 Å². The number of hydrogen-bond donors (Lipinski definition) is 3. The molecule has 1 aromatic carbocycles. The van der Waals surface area contributed by atoms with Gasteiger partial charge in [-0.05, 0) is 18.2 Å². The summed E-state index contributed by atoms with van der Waals surface area (Å²) in [6.45, 7) is -0.238. The molecular weight excluding hydrogens is 328 g/mol. The maximum atomic E-state index is 13.4. The van der Waals surface area contributed by atoms with Gasteiger partial charge in [0.1, 0.15) is 5.82 Å². The van der Waals surface area contributed by atoms with E-state index in [-0.39, 0.29) is 17.8 Å². The Bertz CT molecular complexity index is 589. The van der Waals surface area contributed by atoms with E-state index >= 15 is 0 Å². The van der Waals surface area contributed by atoms with Crippen molar-refractivity contribution in [3.05, 3.63) is 29.6 Å². The van der Waals surface area contributed by atoms with E-state index in [1.54, 1.807) is 0 Å². The van der Waals surface area contributed by atoms with Crippen LogP contribution in [0, 0.1) is 5.82 Å². The van der Waals surface area contributed by atoms with E-state index in [1.165, 1.54) is 19.2 Å². The van der Waals surface area contributed by atoms with Gasteiger partial charge in [-0.2, -0.15) is 13.2 Å². The highest BCUT2D eigenvalue weighted by Crippen LogP contribution is 2.16. The molecule has 0 saturated heterocycles. The number of amides is 1. The average Bonchev–Trinajstić information content (AvgIpc) is 2.47. The number of aliphatic carboxylic acids is 1. The zero-order chi connectivity index (χ0) is 18.2. The topological polar surface area (TPSA) is 119 Å². The van der Waals surface area contributed by atoms with Crippen LogP contribution in [0.5, 0.6) is 0 Å². The molecule has 0 aromatic heterocycles. The van der Waals surface area contributed by atoms with Crippen molar-refractivity contribution >= 4 is 23.5 Å². The van der Waals surface area contributed by atoms with Gasteiger partial charge in [-0.3, -0.25) is 4.79 Å². The zero-order valence-corrected chi connectivity index (χ0v) is 11.6. The van der Waals surface area contributed by atoms with Gasteiger partial charge in [0.25, 0.3) is 0 Å². The Morgan fingerprint density at radius 1 is 1.30 bits per heavy atom. The van der Waals surface area contributed by atoms with Crippen molar-refractivity contribution in [1.29, 1.82) is 0 Å². The number of methoxy groups -OCH3 is 1. The highest BCUT2D eigenvalue weighted by molar-refractivity contribution is 5.94. The molecule has 1 amide bonds. The van der Waals surface area contributed by atoms with Crippen molar-refractivity contribution < 1.29 is 41.8 Å². The molecule has 0 fully saturated rings. The van der Waals surface area contributed by atoms with Gasteiger partial charge < -0.3 is 20.9 Å². The predicted octanol–water partition coefficient (Wildman–Crippen LogP) is 1.14. The van der Waals surface area contributed by atoms with Crippen LogP contribution >= 0.6 is 0 Å². The Hall–Kier alpha value is -2.69. The molecule has 0 saturated carbocycles. The standard InChI is InChI=1S/C10H11FN2O3.C2HF3O2/c1-16-10(15)6-2-3-8(7(11)4-6)13-9(14)5-12;3-2(4,5)1(6)7/h2-4H,5,12H2,1H3,(H,13,14);(H,6,7). The fourth-order valence-electron chi connectivity index (χ4n) is 1.06. The Morgan fingerprint density at radius 2 is 1.83 bits per heavy atom. The van der Waals surface area contributed by atoms with Crippen molar-refractivity contribution in [2.24, 2.45) is 5.73 Å². The van der Waals surface area contributed by atoms with E-state index < -0.39 is 29.8 Å². The van der Waals surface area contributed by atoms with Crippen molar-refractivity contribution in [3.63, 3.8) is 0 Å². The van der Waals surface area contributed by atoms with Gasteiger partial charge in [0, 0.05) is 0 Å². The molecule has 7 nitrogen and oxygen atoms in total. The Balaban J connectivity index is 0.000000585. The minimum absolute atomic E-state index is 0.0249. The number of carboxylic acid groups (broad SMARTS) is 1. The molecule has 0 aliphatic heterocycles. The number of anilines is 1. The predicted molar refractivity (Wildman–Crippen MR) is 69.1 cm³/mol. The van der Waals surface area contributed by atoms with Crippen molar-refractivity contribution in [3.8, 4) is 0 Å². The molecule has 0 bridgehead atoms. The first kappa shape index (κ1) is 20.3. The van der Waals surface area contributed by atoms with Crippen molar-refractivity contribution in [2.75, 3.05) is 19.0 Å². The van der Waals surface area contributed by atoms with Crippen LogP contribution in [0.3, 0.4) is 0 Å². The van der Waals surface area contributed by atoms with Gasteiger partial charge in [-0.25, -0.2) is 14.0 Å². The number of carbonyl (C=O) groups excluding carboxylic acids is 2. The van der Waals surface area contributed by atoms with E-state index in [0.717, 1.165) is 6.07 Å². The summed E-state index contributed by atoms with van der Waals surface area (Å²) < 4.78 is 49.5. The first-order valence-corrected chi connectivity index (χ1v) is 5.70. The smallest absolute Gasteiger partial charge is 0.475 e. The summed E-state index contributed by atoms with van der Waals surface area (Å²) >= 11 is 0. The third-order valence-electron chi connectivity index (χ3n) is 2.09. The zero-order valence-electron chi connectivity index (χ0n) is 11.6. The second kappa shape index (κ2) is 8.68. The lowest BCUT2D eigenvalue weighted by Crippen LogP contribution is -2.22. The first-order valence-electron chi connectivity index (χ1n) is 5.70. The summed E-state index contributed by atoms with van der Waals surface area (Å²) in [6, 6.07) is 3.61. The van der Waals surface area contributed by atoms with Gasteiger partial charge in [-0.1, -0.05) is 0 Å². The summed E-state index contributed by atoms with van der Waals surface area (Å²) in [5.74, 6) is -4.63. The quantitative estimate of drug-likeness (QED) is 0.561. The van der Waals surface area contributed by atoms with Gasteiger partial charge in [-0.15, -0.1) is 0 Å². The van der Waals surface area contributed by atoms with E-state index in [4.69, 9.17) is 15.6 Å². The van der Waals surface area contributed by atoms with E-state index in [0.29, 0.717) is 0 Å². The normalized spacial score (nSPS) is 10.2. The number of carbonyl (C=O) groups is 3. The molecule has 0 heterocycles. The molecule has 0 aliphatic carbocycles. The number of halogens is 4. The lowest BCUT2D eigenvalue weighted by molar-refractivity contribution is -0.192. The molecule has 23 heavy (non-hydrogen) atoms. The SMILES string of the molecule is COC(=O)c1ccc(NC(=O)CN)c(F)c1.O=C(O)C(F)(F)F. The molecule has 0 spiro atoms. The fourth-order valence-corrected chi connectivity index (χ4v) is 1.06. The van der Waals surface area contributed by atoms with Gasteiger partial charge >= 0.3 is 18.1 Å². The molecule has 1 rings (SSSR count). The van der Waals surface area contributed by atoms with Gasteiger partial charge in [0.15, 0.2) is 0 Å². The molecule has 128 valence electrons. The van der Waals surface area contributed by atoms with Crippen LogP contribution in [-0.2, 0) is 14.3 Å². The van der Waals surface area contributed by atoms with Gasteiger partial charge in [0.2, 0.25) is 5.91 Å². The van der Waals surface area contributed by atoms with Crippen molar-refractivity contribution in [1.82, 2.24) is 0 Å². The van der Waals surface area contributed by atoms with Crippen molar-refractivity contribution in [2.45, 2.75) is 6.18 Å². The number of esters is 1.